The van der Waals surface area contributed by atoms with Gasteiger partial charge in [-0.3, -0.25) is 0 Å². The number of pyridine rings is 1. The van der Waals surface area contributed by atoms with Crippen LogP contribution in [-0.4, -0.2) is 4.98 Å². The molecular weight excluding hydrogens is 210 g/mol. The summed E-state index contributed by atoms with van der Waals surface area (Å²) in [4.78, 5) is 4.19. The van der Waals surface area contributed by atoms with Crippen molar-refractivity contribution >= 4 is 11.5 Å². The summed E-state index contributed by atoms with van der Waals surface area (Å²) in [7, 11) is 0. The molecule has 17 heavy (non-hydrogen) atoms. The molecule has 2 aromatic rings. The van der Waals surface area contributed by atoms with Gasteiger partial charge in [0.2, 0.25) is 0 Å². The van der Waals surface area contributed by atoms with E-state index in [0.717, 1.165) is 11.3 Å². The van der Waals surface area contributed by atoms with Crippen LogP contribution in [0, 0.1) is 25.2 Å². The van der Waals surface area contributed by atoms with Gasteiger partial charge in [0.25, 0.3) is 0 Å². The van der Waals surface area contributed by atoms with E-state index in [0.29, 0.717) is 11.4 Å². The lowest BCUT2D eigenvalue weighted by Gasteiger charge is -2.09. The first-order chi connectivity index (χ1) is 8.19. The molecule has 0 bridgehead atoms. The van der Waals surface area contributed by atoms with Crippen LogP contribution in [0.15, 0.2) is 36.5 Å². The Hall–Kier alpha value is -2.34. The molecular formula is C14H13N3. The van der Waals surface area contributed by atoms with Crippen molar-refractivity contribution in [2.24, 2.45) is 0 Å². The smallest absolute Gasteiger partial charge is 0.131 e. The van der Waals surface area contributed by atoms with Crippen LogP contribution in [0.25, 0.3) is 0 Å². The van der Waals surface area contributed by atoms with Gasteiger partial charge in [-0.25, -0.2) is 4.98 Å². The minimum atomic E-state index is 0.604. The van der Waals surface area contributed by atoms with E-state index in [1.807, 2.05) is 13.8 Å². The Labute approximate surface area is 101 Å². The molecule has 1 N–H and O–H groups in total. The lowest BCUT2D eigenvalue weighted by atomic mass is 10.1. The van der Waals surface area contributed by atoms with Gasteiger partial charge in [0, 0.05) is 11.9 Å². The van der Waals surface area contributed by atoms with Crippen LogP contribution in [0.2, 0.25) is 0 Å². The number of aryl methyl sites for hydroxylation is 2. The topological polar surface area (TPSA) is 48.7 Å². The van der Waals surface area contributed by atoms with Crippen molar-refractivity contribution in [2.45, 2.75) is 13.8 Å². The average Bonchev–Trinajstić information content (AvgIpc) is 2.34. The normalized spacial score (nSPS) is 9.71. The SMILES string of the molecule is Cc1ccc(C)c(Nc2cc(C#N)ccn2)c1. The van der Waals surface area contributed by atoms with Gasteiger partial charge in [-0.2, -0.15) is 5.26 Å². The first-order valence-electron chi connectivity index (χ1n) is 5.39. The lowest BCUT2D eigenvalue weighted by molar-refractivity contribution is 1.28. The quantitative estimate of drug-likeness (QED) is 0.849. The molecule has 3 nitrogen and oxygen atoms in total. The molecule has 3 heteroatoms. The molecule has 0 fully saturated rings. The Morgan fingerprint density at radius 3 is 2.76 bits per heavy atom. The zero-order chi connectivity index (χ0) is 12.3. The number of rotatable bonds is 2. The van der Waals surface area contributed by atoms with Gasteiger partial charge in [-0.05, 0) is 43.2 Å². The molecule has 0 amide bonds. The van der Waals surface area contributed by atoms with Crippen molar-refractivity contribution in [2.75, 3.05) is 5.32 Å². The molecule has 84 valence electrons. The second kappa shape index (κ2) is 4.67. The molecule has 0 radical (unpaired) electrons. The van der Waals surface area contributed by atoms with E-state index >= 15 is 0 Å². The molecule has 0 spiro atoms. The van der Waals surface area contributed by atoms with E-state index in [9.17, 15) is 0 Å². The zero-order valence-corrected chi connectivity index (χ0v) is 9.86. The van der Waals surface area contributed by atoms with E-state index in [1.165, 1.54) is 5.56 Å². The molecule has 0 aliphatic rings. The number of anilines is 2. The summed E-state index contributed by atoms with van der Waals surface area (Å²) in [5, 5.41) is 12.0. The summed E-state index contributed by atoms with van der Waals surface area (Å²) in [6, 6.07) is 11.7. The first kappa shape index (κ1) is 11.2. The van der Waals surface area contributed by atoms with E-state index in [2.05, 4.69) is 34.6 Å². The van der Waals surface area contributed by atoms with Gasteiger partial charge < -0.3 is 5.32 Å². The highest BCUT2D eigenvalue weighted by Crippen LogP contribution is 2.20. The summed E-state index contributed by atoms with van der Waals surface area (Å²) >= 11 is 0. The third-order valence-electron chi connectivity index (χ3n) is 2.54. The maximum Gasteiger partial charge on any atom is 0.131 e. The third kappa shape index (κ3) is 2.61. The fraction of sp³-hybridized carbons (Fsp3) is 0.143. The molecule has 0 aliphatic carbocycles. The van der Waals surface area contributed by atoms with E-state index < -0.39 is 0 Å². The standard InChI is InChI=1S/C14H13N3/c1-10-3-4-11(2)13(7-10)17-14-8-12(9-15)5-6-16-14/h3-8H,1-2H3,(H,16,17). The van der Waals surface area contributed by atoms with Gasteiger partial charge in [0.1, 0.15) is 5.82 Å². The van der Waals surface area contributed by atoms with Crippen molar-refractivity contribution in [3.8, 4) is 6.07 Å². The van der Waals surface area contributed by atoms with Crippen LogP contribution in [0.1, 0.15) is 16.7 Å². The van der Waals surface area contributed by atoms with Crippen LogP contribution in [0.3, 0.4) is 0 Å². The maximum atomic E-state index is 8.82. The van der Waals surface area contributed by atoms with E-state index in [1.54, 1.807) is 18.3 Å². The Morgan fingerprint density at radius 1 is 1.18 bits per heavy atom. The number of nitrogens with one attached hydrogen (secondary N) is 1. The largest absolute Gasteiger partial charge is 0.340 e. The van der Waals surface area contributed by atoms with E-state index in [-0.39, 0.29) is 0 Å². The Balaban J connectivity index is 2.31. The zero-order valence-electron chi connectivity index (χ0n) is 9.86. The summed E-state index contributed by atoms with van der Waals surface area (Å²) < 4.78 is 0. The molecule has 0 unspecified atom stereocenters. The Morgan fingerprint density at radius 2 is 2.00 bits per heavy atom. The van der Waals surface area contributed by atoms with Crippen molar-refractivity contribution in [3.63, 3.8) is 0 Å². The van der Waals surface area contributed by atoms with Crippen LogP contribution >= 0.6 is 0 Å². The summed E-state index contributed by atoms with van der Waals surface area (Å²) in [6.07, 6.45) is 1.63. The number of hydrogen-bond donors (Lipinski definition) is 1. The maximum absolute atomic E-state index is 8.82. The average molecular weight is 223 g/mol. The molecule has 2 rings (SSSR count). The second-order valence-corrected chi connectivity index (χ2v) is 3.98. The molecule has 0 saturated carbocycles. The van der Waals surface area contributed by atoms with E-state index in [4.69, 9.17) is 5.26 Å². The molecule has 1 aromatic carbocycles. The van der Waals surface area contributed by atoms with Crippen molar-refractivity contribution < 1.29 is 0 Å². The molecule has 1 aromatic heterocycles. The number of nitriles is 1. The highest BCUT2D eigenvalue weighted by atomic mass is 15.0. The van der Waals surface area contributed by atoms with Gasteiger partial charge >= 0.3 is 0 Å². The van der Waals surface area contributed by atoms with Crippen LogP contribution in [-0.2, 0) is 0 Å². The minimum Gasteiger partial charge on any atom is -0.340 e. The molecule has 0 saturated heterocycles. The van der Waals surface area contributed by atoms with Crippen LogP contribution < -0.4 is 5.32 Å². The van der Waals surface area contributed by atoms with Gasteiger partial charge in [0.05, 0.1) is 11.6 Å². The van der Waals surface area contributed by atoms with Crippen LogP contribution in [0.5, 0.6) is 0 Å². The summed E-state index contributed by atoms with van der Waals surface area (Å²) in [5.41, 5.74) is 3.97. The van der Waals surface area contributed by atoms with Crippen molar-refractivity contribution in [1.82, 2.24) is 4.98 Å². The monoisotopic (exact) mass is 223 g/mol. The first-order valence-corrected chi connectivity index (χ1v) is 5.39. The highest BCUT2D eigenvalue weighted by molar-refractivity contribution is 5.62. The predicted molar refractivity (Wildman–Crippen MR) is 68.2 cm³/mol. The summed E-state index contributed by atoms with van der Waals surface area (Å²) in [5.74, 6) is 0.692. The fourth-order valence-corrected chi connectivity index (χ4v) is 1.58. The minimum absolute atomic E-state index is 0.604. The van der Waals surface area contributed by atoms with Gasteiger partial charge in [0.15, 0.2) is 0 Å². The number of benzene rings is 1. The van der Waals surface area contributed by atoms with Gasteiger partial charge in [-0.1, -0.05) is 12.1 Å². The van der Waals surface area contributed by atoms with Crippen molar-refractivity contribution in [1.29, 1.82) is 5.26 Å². The molecule has 0 aliphatic heterocycles. The lowest BCUT2D eigenvalue weighted by Crippen LogP contribution is -1.96. The predicted octanol–water partition coefficient (Wildman–Crippen LogP) is 3.31. The fourth-order valence-electron chi connectivity index (χ4n) is 1.58. The summed E-state index contributed by atoms with van der Waals surface area (Å²) in [6.45, 7) is 4.08. The molecule has 0 atom stereocenters. The second-order valence-electron chi connectivity index (χ2n) is 3.98. The number of aromatic nitrogens is 1. The number of nitrogens with zero attached hydrogens (tertiary/aromatic N) is 2. The van der Waals surface area contributed by atoms with Crippen LogP contribution in [0.4, 0.5) is 11.5 Å². The number of hydrogen-bond acceptors (Lipinski definition) is 3. The Kier molecular flexibility index (Phi) is 3.06. The van der Waals surface area contributed by atoms with Gasteiger partial charge in [-0.15, -0.1) is 0 Å². The van der Waals surface area contributed by atoms with Crippen molar-refractivity contribution in [3.05, 3.63) is 53.2 Å². The highest BCUT2D eigenvalue weighted by Gasteiger charge is 2.01. The molecule has 1 heterocycles. The third-order valence-corrected chi connectivity index (χ3v) is 2.54. The Bertz CT molecular complexity index is 582.